The van der Waals surface area contributed by atoms with E-state index in [1.807, 2.05) is 18.2 Å². The van der Waals surface area contributed by atoms with Crippen molar-refractivity contribution in [3.8, 4) is 11.5 Å². The first-order valence-electron chi connectivity index (χ1n) is 6.84. The third-order valence-corrected chi connectivity index (χ3v) is 3.75. The molecule has 2 atom stereocenters. The Morgan fingerprint density at radius 1 is 1.30 bits per heavy atom. The maximum absolute atomic E-state index is 10.7. The highest BCUT2D eigenvalue weighted by atomic mass is 16.6. The van der Waals surface area contributed by atoms with Crippen molar-refractivity contribution in [3.05, 3.63) is 23.8 Å². The average molecular weight is 278 g/mol. The number of benzene rings is 1. The molecule has 2 heterocycles. The van der Waals surface area contributed by atoms with Crippen molar-refractivity contribution in [1.29, 1.82) is 0 Å². The number of fused-ring (bicyclic) bond motifs is 1. The molecule has 6 heteroatoms. The summed E-state index contributed by atoms with van der Waals surface area (Å²) in [5.41, 5.74) is 7.42. The molecule has 0 aromatic heterocycles. The molecule has 0 amide bonds. The first-order valence-corrected chi connectivity index (χ1v) is 6.84. The van der Waals surface area contributed by atoms with Gasteiger partial charge in [0.1, 0.15) is 13.2 Å². The molecule has 3 rings (SSSR count). The molecule has 1 aromatic carbocycles. The molecule has 6 nitrogen and oxygen atoms in total. The number of hydrogen-bond donors (Lipinski definition) is 3. The second-order valence-electron chi connectivity index (χ2n) is 5.10. The molecule has 0 radical (unpaired) electrons. The van der Waals surface area contributed by atoms with Gasteiger partial charge in [-0.15, -0.1) is 0 Å². The number of nitrogens with one attached hydrogen (secondary N) is 2. The molecule has 0 aliphatic carbocycles. The number of hydrazine groups is 1. The lowest BCUT2D eigenvalue weighted by molar-refractivity contribution is -0.137. The van der Waals surface area contributed by atoms with Gasteiger partial charge in [0, 0.05) is 13.0 Å². The maximum atomic E-state index is 10.7. The van der Waals surface area contributed by atoms with E-state index in [1.165, 1.54) is 0 Å². The summed E-state index contributed by atoms with van der Waals surface area (Å²) in [5, 5.41) is 8.81. The Morgan fingerprint density at radius 3 is 2.90 bits per heavy atom. The van der Waals surface area contributed by atoms with Crippen molar-refractivity contribution in [2.45, 2.75) is 18.9 Å². The monoisotopic (exact) mass is 278 g/mol. The minimum Gasteiger partial charge on any atom is -0.486 e. The van der Waals surface area contributed by atoms with Crippen LogP contribution in [0.1, 0.15) is 24.4 Å². The standard InChI is InChI=1S/C14H18N2O4/c17-13(18)4-2-10-8-15-16-14(10)9-1-3-11-12(7-9)20-6-5-19-11/h1,3,7,10,14-16H,2,4-6,8H2,(H,17,18). The van der Waals surface area contributed by atoms with Gasteiger partial charge in [0.15, 0.2) is 11.5 Å². The summed E-state index contributed by atoms with van der Waals surface area (Å²) in [6.07, 6.45) is 0.837. The van der Waals surface area contributed by atoms with E-state index in [1.54, 1.807) is 0 Å². The highest BCUT2D eigenvalue weighted by molar-refractivity contribution is 5.66. The number of ether oxygens (including phenoxy) is 2. The van der Waals surface area contributed by atoms with Gasteiger partial charge in [-0.1, -0.05) is 6.07 Å². The van der Waals surface area contributed by atoms with E-state index in [0.29, 0.717) is 19.6 Å². The van der Waals surface area contributed by atoms with Gasteiger partial charge in [0.25, 0.3) is 0 Å². The van der Waals surface area contributed by atoms with Crippen LogP contribution in [0.3, 0.4) is 0 Å². The van der Waals surface area contributed by atoms with Gasteiger partial charge in [-0.2, -0.15) is 0 Å². The molecular weight excluding hydrogens is 260 g/mol. The second kappa shape index (κ2) is 5.68. The Balaban J connectivity index is 1.75. The summed E-state index contributed by atoms with van der Waals surface area (Å²) < 4.78 is 11.1. The number of hydrogen-bond acceptors (Lipinski definition) is 5. The zero-order chi connectivity index (χ0) is 13.9. The largest absolute Gasteiger partial charge is 0.486 e. The molecule has 0 bridgehead atoms. The number of carboxylic acids is 1. The lowest BCUT2D eigenvalue weighted by atomic mass is 9.91. The summed E-state index contributed by atoms with van der Waals surface area (Å²) in [7, 11) is 0. The number of rotatable bonds is 4. The van der Waals surface area contributed by atoms with Crippen molar-refractivity contribution in [2.75, 3.05) is 19.8 Å². The second-order valence-corrected chi connectivity index (χ2v) is 5.10. The lowest BCUT2D eigenvalue weighted by Gasteiger charge is -2.22. The van der Waals surface area contributed by atoms with E-state index in [4.69, 9.17) is 14.6 Å². The van der Waals surface area contributed by atoms with Crippen LogP contribution in [0.15, 0.2) is 18.2 Å². The van der Waals surface area contributed by atoms with Crippen molar-refractivity contribution >= 4 is 5.97 Å². The zero-order valence-corrected chi connectivity index (χ0v) is 11.1. The predicted molar refractivity (Wildman–Crippen MR) is 71.7 cm³/mol. The fourth-order valence-electron chi connectivity index (χ4n) is 2.72. The van der Waals surface area contributed by atoms with E-state index in [2.05, 4.69) is 10.9 Å². The molecule has 1 fully saturated rings. The van der Waals surface area contributed by atoms with Crippen LogP contribution in [0, 0.1) is 5.92 Å². The summed E-state index contributed by atoms with van der Waals surface area (Å²) in [4.78, 5) is 10.7. The van der Waals surface area contributed by atoms with Crippen molar-refractivity contribution < 1.29 is 19.4 Å². The smallest absolute Gasteiger partial charge is 0.303 e. The van der Waals surface area contributed by atoms with Crippen LogP contribution >= 0.6 is 0 Å². The SMILES string of the molecule is O=C(O)CCC1CNNC1c1ccc2c(c1)OCCO2. The van der Waals surface area contributed by atoms with Gasteiger partial charge >= 0.3 is 5.97 Å². The van der Waals surface area contributed by atoms with Gasteiger partial charge in [-0.3, -0.25) is 10.2 Å². The van der Waals surface area contributed by atoms with E-state index < -0.39 is 5.97 Å². The number of carbonyl (C=O) groups is 1. The van der Waals surface area contributed by atoms with Crippen molar-refractivity contribution in [2.24, 2.45) is 5.92 Å². The molecule has 0 spiro atoms. The Labute approximate surface area is 117 Å². The van der Waals surface area contributed by atoms with E-state index in [9.17, 15) is 4.79 Å². The first kappa shape index (κ1) is 13.2. The lowest BCUT2D eigenvalue weighted by Crippen LogP contribution is -2.25. The van der Waals surface area contributed by atoms with Gasteiger partial charge in [-0.25, -0.2) is 5.43 Å². The Hall–Kier alpha value is -1.79. The number of carboxylic acid groups (broad SMARTS) is 1. The average Bonchev–Trinajstić information content (AvgIpc) is 2.93. The minimum atomic E-state index is -0.752. The molecule has 20 heavy (non-hydrogen) atoms. The van der Waals surface area contributed by atoms with Crippen molar-refractivity contribution in [1.82, 2.24) is 10.9 Å². The molecule has 2 aliphatic heterocycles. The van der Waals surface area contributed by atoms with Gasteiger partial charge in [0.05, 0.1) is 6.04 Å². The molecule has 2 aliphatic rings. The van der Waals surface area contributed by atoms with E-state index >= 15 is 0 Å². The highest BCUT2D eigenvalue weighted by Crippen LogP contribution is 2.36. The molecule has 1 aromatic rings. The van der Waals surface area contributed by atoms with E-state index in [-0.39, 0.29) is 18.4 Å². The molecule has 2 unspecified atom stereocenters. The Bertz CT molecular complexity index is 506. The third kappa shape index (κ3) is 2.71. The number of aliphatic carboxylic acids is 1. The predicted octanol–water partition coefficient (Wildman–Crippen LogP) is 1.09. The summed E-state index contributed by atoms with van der Waals surface area (Å²) >= 11 is 0. The first-order chi connectivity index (χ1) is 9.74. The topological polar surface area (TPSA) is 79.8 Å². The molecular formula is C14H18N2O4. The molecule has 1 saturated heterocycles. The zero-order valence-electron chi connectivity index (χ0n) is 11.1. The third-order valence-electron chi connectivity index (χ3n) is 3.75. The van der Waals surface area contributed by atoms with Crippen LogP contribution in [0.4, 0.5) is 0 Å². The Kier molecular flexibility index (Phi) is 3.75. The fraction of sp³-hybridized carbons (Fsp3) is 0.500. The normalized spacial score (nSPS) is 24.6. The minimum absolute atomic E-state index is 0.102. The van der Waals surface area contributed by atoms with Crippen LogP contribution in [0.5, 0.6) is 11.5 Å². The van der Waals surface area contributed by atoms with Crippen LogP contribution < -0.4 is 20.3 Å². The molecule has 3 N–H and O–H groups in total. The van der Waals surface area contributed by atoms with Crippen LogP contribution in [0.25, 0.3) is 0 Å². The van der Waals surface area contributed by atoms with Crippen LogP contribution in [-0.2, 0) is 4.79 Å². The van der Waals surface area contributed by atoms with Gasteiger partial charge < -0.3 is 14.6 Å². The van der Waals surface area contributed by atoms with Crippen molar-refractivity contribution in [3.63, 3.8) is 0 Å². The highest BCUT2D eigenvalue weighted by Gasteiger charge is 2.29. The van der Waals surface area contributed by atoms with Gasteiger partial charge in [-0.05, 0) is 30.0 Å². The summed E-state index contributed by atoms with van der Waals surface area (Å²) in [6.45, 7) is 1.92. The molecule has 0 saturated carbocycles. The van der Waals surface area contributed by atoms with Crippen LogP contribution in [-0.4, -0.2) is 30.8 Å². The molecule has 108 valence electrons. The summed E-state index contributed by atoms with van der Waals surface area (Å²) in [6, 6.07) is 6.00. The fourth-order valence-corrected chi connectivity index (χ4v) is 2.72. The Morgan fingerprint density at radius 2 is 2.10 bits per heavy atom. The maximum Gasteiger partial charge on any atom is 0.303 e. The summed E-state index contributed by atoms with van der Waals surface area (Å²) in [5.74, 6) is 1.04. The van der Waals surface area contributed by atoms with Gasteiger partial charge in [0.2, 0.25) is 0 Å². The van der Waals surface area contributed by atoms with Crippen LogP contribution in [0.2, 0.25) is 0 Å². The van der Waals surface area contributed by atoms with E-state index in [0.717, 1.165) is 23.6 Å². The quantitative estimate of drug-likeness (QED) is 0.765.